The van der Waals surface area contributed by atoms with Crippen molar-refractivity contribution in [1.82, 2.24) is 5.48 Å². The summed E-state index contributed by atoms with van der Waals surface area (Å²) in [5.74, 6) is 0.747. The third kappa shape index (κ3) is 5.86. The van der Waals surface area contributed by atoms with Crippen LogP contribution in [-0.2, 0) is 9.53 Å². The molecule has 4 aromatic rings. The molecule has 0 spiro atoms. The molecular formula is C29H24N2O8. The van der Waals surface area contributed by atoms with Crippen LogP contribution in [0.25, 0.3) is 10.8 Å². The summed E-state index contributed by atoms with van der Waals surface area (Å²) < 4.78 is 22.8. The quantitative estimate of drug-likeness (QED) is 0.141. The minimum atomic E-state index is -1.10. The van der Waals surface area contributed by atoms with E-state index in [9.17, 15) is 14.7 Å². The molecule has 0 saturated carbocycles. The molecule has 2 atom stereocenters. The minimum absolute atomic E-state index is 0.0497. The van der Waals surface area contributed by atoms with E-state index in [-0.39, 0.29) is 12.5 Å². The fourth-order valence-electron chi connectivity index (χ4n) is 4.18. The van der Waals surface area contributed by atoms with E-state index in [0.717, 1.165) is 6.08 Å². The number of ether oxygens (including phenoxy) is 4. The number of nitrogens with one attached hydrogen (secondary N) is 2. The lowest BCUT2D eigenvalue weighted by molar-refractivity contribution is -0.124. The minimum Gasteiger partial charge on any atom is -0.507 e. The number of benzene rings is 4. The summed E-state index contributed by atoms with van der Waals surface area (Å²) in [6, 6.07) is 23.9. The fourth-order valence-corrected chi connectivity index (χ4v) is 4.18. The van der Waals surface area contributed by atoms with Gasteiger partial charge < -0.3 is 24.1 Å². The zero-order valence-corrected chi connectivity index (χ0v) is 20.4. The van der Waals surface area contributed by atoms with Crippen LogP contribution in [-0.4, -0.2) is 35.2 Å². The molecule has 0 bridgehead atoms. The Hall–Kier alpha value is -5.22. The van der Waals surface area contributed by atoms with Gasteiger partial charge in [-0.15, -0.1) is 0 Å². The predicted octanol–water partition coefficient (Wildman–Crippen LogP) is 5.07. The molecule has 0 aromatic heterocycles. The highest BCUT2D eigenvalue weighted by molar-refractivity contribution is 5.92. The van der Waals surface area contributed by atoms with E-state index >= 15 is 0 Å². The maximum atomic E-state index is 13.2. The number of amides is 2. The monoisotopic (exact) mass is 528 g/mol. The van der Waals surface area contributed by atoms with Gasteiger partial charge in [-0.1, -0.05) is 48.5 Å². The summed E-state index contributed by atoms with van der Waals surface area (Å²) in [4.78, 5) is 25.1. The van der Waals surface area contributed by atoms with Gasteiger partial charge >= 0.3 is 6.09 Å². The van der Waals surface area contributed by atoms with Crippen molar-refractivity contribution in [2.24, 2.45) is 0 Å². The number of carbonyl (C=O) groups excluding carboxylic acids is 2. The fraction of sp³-hybridized carbons (Fsp3) is 0.103. The van der Waals surface area contributed by atoms with E-state index in [2.05, 4.69) is 5.32 Å². The van der Waals surface area contributed by atoms with Crippen molar-refractivity contribution < 1.29 is 38.9 Å². The summed E-state index contributed by atoms with van der Waals surface area (Å²) in [5, 5.41) is 23.3. The zero-order valence-electron chi connectivity index (χ0n) is 20.4. The van der Waals surface area contributed by atoms with Gasteiger partial charge in [0.1, 0.15) is 11.5 Å². The normalized spacial score (nSPS) is 13.6. The van der Waals surface area contributed by atoms with Crippen molar-refractivity contribution >= 4 is 28.5 Å². The van der Waals surface area contributed by atoms with Gasteiger partial charge in [-0.2, -0.15) is 0 Å². The number of hydrogen-bond donors (Lipinski definition) is 4. The Morgan fingerprint density at radius 1 is 0.897 bits per heavy atom. The second-order valence-electron chi connectivity index (χ2n) is 8.47. The summed E-state index contributed by atoms with van der Waals surface area (Å²) in [6.45, 7) is 0.0888. The van der Waals surface area contributed by atoms with E-state index in [1.807, 2.05) is 6.07 Å². The van der Waals surface area contributed by atoms with Crippen LogP contribution in [0.1, 0.15) is 11.7 Å². The number of anilines is 1. The molecule has 0 radical (unpaired) electrons. The van der Waals surface area contributed by atoms with Crippen molar-refractivity contribution in [3.05, 3.63) is 103 Å². The first-order valence-electron chi connectivity index (χ1n) is 11.9. The van der Waals surface area contributed by atoms with Gasteiger partial charge in [0.05, 0.1) is 0 Å². The Balaban J connectivity index is 1.53. The third-order valence-corrected chi connectivity index (χ3v) is 5.96. The lowest BCUT2D eigenvalue weighted by Gasteiger charge is -2.27. The zero-order chi connectivity index (χ0) is 27.2. The smallest absolute Gasteiger partial charge is 0.412 e. The van der Waals surface area contributed by atoms with E-state index in [0.29, 0.717) is 39.3 Å². The summed E-state index contributed by atoms with van der Waals surface area (Å²) in [6.07, 6.45) is -0.494. The Morgan fingerprint density at radius 2 is 1.64 bits per heavy atom. The average Bonchev–Trinajstić information content (AvgIpc) is 3.43. The number of phenolic OH excluding ortho intramolecular Hbond substituents is 1. The summed E-state index contributed by atoms with van der Waals surface area (Å²) in [7, 11) is 0. The van der Waals surface area contributed by atoms with Crippen LogP contribution in [0, 0.1) is 0 Å². The number of para-hydroxylation sites is 1. The number of fused-ring (bicyclic) bond motifs is 2. The first-order valence-corrected chi connectivity index (χ1v) is 11.9. The van der Waals surface area contributed by atoms with Crippen LogP contribution in [0.3, 0.4) is 0 Å². The first kappa shape index (κ1) is 25.4. The van der Waals surface area contributed by atoms with Gasteiger partial charge in [-0.25, -0.2) is 10.3 Å². The molecule has 1 aliphatic rings. The van der Waals surface area contributed by atoms with Crippen LogP contribution in [0.4, 0.5) is 10.5 Å². The van der Waals surface area contributed by atoms with Crippen molar-refractivity contribution in [2.75, 3.05) is 12.1 Å². The molecule has 198 valence electrons. The van der Waals surface area contributed by atoms with Gasteiger partial charge in [0.25, 0.3) is 5.91 Å². The third-order valence-electron chi connectivity index (χ3n) is 5.96. The lowest BCUT2D eigenvalue weighted by Crippen LogP contribution is -2.30. The number of rotatable bonds is 8. The Bertz CT molecular complexity index is 1520. The van der Waals surface area contributed by atoms with E-state index in [1.165, 1.54) is 17.6 Å². The van der Waals surface area contributed by atoms with Crippen LogP contribution in [0.2, 0.25) is 0 Å². The molecule has 0 saturated heterocycles. The number of phenols is 1. The molecule has 1 aliphatic heterocycles. The van der Waals surface area contributed by atoms with Gasteiger partial charge in [0.2, 0.25) is 6.79 Å². The largest absolute Gasteiger partial charge is 0.507 e. The molecule has 2 amide bonds. The van der Waals surface area contributed by atoms with E-state index in [4.69, 9.17) is 24.2 Å². The van der Waals surface area contributed by atoms with Crippen molar-refractivity contribution in [1.29, 1.82) is 0 Å². The van der Waals surface area contributed by atoms with E-state index in [1.54, 1.807) is 72.8 Å². The molecule has 0 aliphatic carbocycles. The van der Waals surface area contributed by atoms with Crippen LogP contribution in [0.5, 0.6) is 23.0 Å². The van der Waals surface area contributed by atoms with Gasteiger partial charge in [-0.05, 0) is 41.8 Å². The van der Waals surface area contributed by atoms with Crippen LogP contribution in [0.15, 0.2) is 97.1 Å². The molecule has 4 aromatic carbocycles. The van der Waals surface area contributed by atoms with Gasteiger partial charge in [-0.3, -0.25) is 15.3 Å². The van der Waals surface area contributed by atoms with Crippen molar-refractivity contribution in [2.45, 2.75) is 12.2 Å². The highest BCUT2D eigenvalue weighted by Crippen LogP contribution is 2.37. The first-order chi connectivity index (χ1) is 19.0. The molecule has 5 rings (SSSR count). The standard InChI is InChI=1S/C29H24N2O8/c32-23-12-11-22(20-8-4-5-9-21(20)23)28(25(14-15-27(33)31-35)38-19-6-2-1-3-7-19)39-29(34)30-18-10-13-24-26(16-18)37-17-36-24/h1-16,25,28,32,35H,17H2,(H,30,34)(H,31,33)/b15-14+/t25-,28-/m1/s1. The topological polar surface area (TPSA) is 136 Å². The molecule has 10 heteroatoms. The van der Waals surface area contributed by atoms with Crippen LogP contribution < -0.4 is 25.0 Å². The number of hydrogen-bond acceptors (Lipinski definition) is 8. The van der Waals surface area contributed by atoms with Crippen LogP contribution >= 0.6 is 0 Å². The average molecular weight is 529 g/mol. The van der Waals surface area contributed by atoms with Crippen molar-refractivity contribution in [3.63, 3.8) is 0 Å². The van der Waals surface area contributed by atoms with Gasteiger partial charge in [0, 0.05) is 28.8 Å². The Kier molecular flexibility index (Phi) is 7.46. The second-order valence-corrected chi connectivity index (χ2v) is 8.47. The Labute approximate surface area is 223 Å². The molecule has 1 heterocycles. The maximum Gasteiger partial charge on any atom is 0.412 e. The highest BCUT2D eigenvalue weighted by atomic mass is 16.7. The van der Waals surface area contributed by atoms with Gasteiger partial charge in [0.15, 0.2) is 23.7 Å². The molecule has 10 nitrogen and oxygen atoms in total. The lowest BCUT2D eigenvalue weighted by atomic mass is 9.96. The molecule has 39 heavy (non-hydrogen) atoms. The Morgan fingerprint density at radius 3 is 2.44 bits per heavy atom. The maximum absolute atomic E-state index is 13.2. The summed E-state index contributed by atoms with van der Waals surface area (Å²) in [5.41, 5.74) is 2.46. The highest BCUT2D eigenvalue weighted by Gasteiger charge is 2.30. The molecule has 0 unspecified atom stereocenters. The predicted molar refractivity (Wildman–Crippen MR) is 141 cm³/mol. The summed E-state index contributed by atoms with van der Waals surface area (Å²) >= 11 is 0. The number of carbonyl (C=O) groups is 2. The SMILES string of the molecule is O=C(/C=C/[C@@H](Oc1ccccc1)[C@H](OC(=O)Nc1ccc2c(c1)OCO2)c1ccc(O)c2ccccc12)NO. The number of aromatic hydroxyl groups is 1. The van der Waals surface area contributed by atoms with E-state index < -0.39 is 24.2 Å². The molecule has 0 fully saturated rings. The molecular weight excluding hydrogens is 504 g/mol. The second kappa shape index (κ2) is 11.4. The van der Waals surface area contributed by atoms with Crippen molar-refractivity contribution in [3.8, 4) is 23.0 Å². The number of hydroxylamine groups is 1. The molecule has 4 N–H and O–H groups in total.